The lowest BCUT2D eigenvalue weighted by Crippen LogP contribution is -2.26. The van der Waals surface area contributed by atoms with E-state index in [0.29, 0.717) is 11.3 Å². The first-order chi connectivity index (χ1) is 7.21. The average molecular weight is 206 g/mol. The van der Waals surface area contributed by atoms with Crippen LogP contribution in [0, 0.1) is 17.3 Å². The molecule has 0 bridgehead atoms. The predicted octanol–water partition coefficient (Wildman–Crippen LogP) is 2.08. The van der Waals surface area contributed by atoms with Gasteiger partial charge in [-0.05, 0) is 50.4 Å². The van der Waals surface area contributed by atoms with Crippen LogP contribution in [0.25, 0.3) is 0 Å². The van der Waals surface area contributed by atoms with E-state index in [4.69, 9.17) is 0 Å². The van der Waals surface area contributed by atoms with E-state index in [0.717, 1.165) is 12.1 Å². The molecule has 0 aromatic carbocycles. The summed E-state index contributed by atoms with van der Waals surface area (Å²) in [6.45, 7) is 2.02. The highest BCUT2D eigenvalue weighted by Crippen LogP contribution is 2.65. The summed E-state index contributed by atoms with van der Waals surface area (Å²) in [4.78, 5) is 11.7. The molecule has 3 rings (SSSR count). The molecule has 0 aromatic rings. The van der Waals surface area contributed by atoms with Crippen LogP contribution in [0.4, 0.5) is 0 Å². The summed E-state index contributed by atoms with van der Waals surface area (Å²) in [6.07, 6.45) is 7.44. The molecule has 1 N–H and O–H groups in total. The Morgan fingerprint density at radius 1 is 1.40 bits per heavy atom. The topological polar surface area (TPSA) is 41.5 Å². The molecule has 3 saturated carbocycles. The Morgan fingerprint density at radius 2 is 2.13 bits per heavy atom. The summed E-state index contributed by atoms with van der Waals surface area (Å²) in [6, 6.07) is 0. The van der Waals surface area contributed by atoms with Gasteiger partial charge in [-0.15, -0.1) is 0 Å². The Kier molecular flexibility index (Phi) is 1.91. The quantitative estimate of drug-likeness (QED) is 0.557. The molecule has 0 saturated heterocycles. The Hall–Kier alpha value is -0.860. The maximum Gasteiger partial charge on any atom is 0.243 e. The fourth-order valence-corrected chi connectivity index (χ4v) is 2.72. The second-order valence-corrected chi connectivity index (χ2v) is 5.48. The number of carbonyl (C=O) groups is 1. The van der Waals surface area contributed by atoms with Gasteiger partial charge in [0.25, 0.3) is 0 Å². The van der Waals surface area contributed by atoms with Crippen LogP contribution in [0.5, 0.6) is 0 Å². The van der Waals surface area contributed by atoms with Gasteiger partial charge in [-0.3, -0.25) is 4.79 Å². The molecular formula is C12H18N2O. The summed E-state index contributed by atoms with van der Waals surface area (Å²) < 4.78 is 0. The van der Waals surface area contributed by atoms with E-state index in [9.17, 15) is 4.79 Å². The van der Waals surface area contributed by atoms with E-state index in [1.165, 1.54) is 32.1 Å². The third-order valence-corrected chi connectivity index (χ3v) is 4.37. The molecule has 3 heteroatoms. The zero-order chi connectivity index (χ0) is 10.5. The van der Waals surface area contributed by atoms with Crippen LogP contribution in [-0.2, 0) is 4.79 Å². The summed E-state index contributed by atoms with van der Waals surface area (Å²) >= 11 is 0. The van der Waals surface area contributed by atoms with Crippen LogP contribution in [0.1, 0.15) is 45.4 Å². The lowest BCUT2D eigenvalue weighted by Gasteiger charge is -2.25. The van der Waals surface area contributed by atoms with Crippen molar-refractivity contribution in [2.75, 3.05) is 0 Å². The number of nitrogens with zero attached hydrogens (tertiary/aromatic N) is 1. The fourth-order valence-electron chi connectivity index (χ4n) is 2.72. The number of rotatable bonds is 3. The van der Waals surface area contributed by atoms with Gasteiger partial charge in [0.1, 0.15) is 0 Å². The van der Waals surface area contributed by atoms with Gasteiger partial charge < -0.3 is 0 Å². The Morgan fingerprint density at radius 3 is 2.60 bits per heavy atom. The third kappa shape index (κ3) is 1.58. The van der Waals surface area contributed by atoms with Gasteiger partial charge in [-0.1, -0.05) is 6.42 Å². The van der Waals surface area contributed by atoms with Crippen LogP contribution >= 0.6 is 0 Å². The smallest absolute Gasteiger partial charge is 0.243 e. The summed E-state index contributed by atoms with van der Waals surface area (Å²) in [7, 11) is 0. The second kappa shape index (κ2) is 3.06. The van der Waals surface area contributed by atoms with Crippen molar-refractivity contribution >= 4 is 11.6 Å². The molecule has 1 amide bonds. The first-order valence-corrected chi connectivity index (χ1v) is 6.05. The van der Waals surface area contributed by atoms with E-state index in [2.05, 4.69) is 10.5 Å². The van der Waals surface area contributed by atoms with E-state index >= 15 is 0 Å². The van der Waals surface area contributed by atoms with Gasteiger partial charge in [-0.25, -0.2) is 5.43 Å². The first kappa shape index (κ1) is 9.37. The zero-order valence-electron chi connectivity index (χ0n) is 9.25. The van der Waals surface area contributed by atoms with Gasteiger partial charge in [0.15, 0.2) is 0 Å². The minimum Gasteiger partial charge on any atom is -0.273 e. The van der Waals surface area contributed by atoms with Gasteiger partial charge in [-0.2, -0.15) is 5.10 Å². The number of carbonyl (C=O) groups excluding carboxylic acids is 1. The molecule has 3 fully saturated rings. The standard InChI is InChI=1S/C12H18N2O/c1-8(9-3-4-9)13-14-11(15)10-7-12(10)5-2-6-12/h9-10H,2-7H2,1H3,(H,14,15). The van der Waals surface area contributed by atoms with Crippen molar-refractivity contribution in [2.45, 2.75) is 45.4 Å². The normalized spacial score (nSPS) is 32.3. The molecule has 0 heterocycles. The lowest BCUT2D eigenvalue weighted by molar-refractivity contribution is -0.123. The third-order valence-electron chi connectivity index (χ3n) is 4.37. The summed E-state index contributed by atoms with van der Waals surface area (Å²) in [5, 5.41) is 4.19. The Bertz CT molecular complexity index is 327. The second-order valence-electron chi connectivity index (χ2n) is 5.48. The Labute approximate surface area is 90.3 Å². The first-order valence-electron chi connectivity index (χ1n) is 6.05. The highest BCUT2D eigenvalue weighted by Gasteiger charge is 2.60. The summed E-state index contributed by atoms with van der Waals surface area (Å²) in [5.41, 5.74) is 4.27. The lowest BCUT2D eigenvalue weighted by atomic mass is 9.80. The van der Waals surface area contributed by atoms with Crippen molar-refractivity contribution in [3.05, 3.63) is 0 Å². The average Bonchev–Trinajstić information content (AvgIpc) is 3.02. The van der Waals surface area contributed by atoms with Crippen molar-refractivity contribution in [1.82, 2.24) is 5.43 Å². The summed E-state index contributed by atoms with van der Waals surface area (Å²) in [5.74, 6) is 1.10. The van der Waals surface area contributed by atoms with Crippen molar-refractivity contribution < 1.29 is 4.79 Å². The minimum atomic E-state index is 0.162. The van der Waals surface area contributed by atoms with Crippen LogP contribution in [0.2, 0.25) is 0 Å². The SMILES string of the molecule is CC(=NNC(=O)C1CC12CCC2)C1CC1. The van der Waals surface area contributed by atoms with Crippen molar-refractivity contribution in [1.29, 1.82) is 0 Å². The molecule has 1 atom stereocenters. The molecule has 82 valence electrons. The van der Waals surface area contributed by atoms with Crippen LogP contribution in [0.15, 0.2) is 5.10 Å². The number of hydrogen-bond donors (Lipinski definition) is 1. The highest BCUT2D eigenvalue weighted by molar-refractivity contribution is 5.89. The molecule has 3 nitrogen and oxygen atoms in total. The van der Waals surface area contributed by atoms with Crippen molar-refractivity contribution in [3.63, 3.8) is 0 Å². The van der Waals surface area contributed by atoms with Crippen LogP contribution in [-0.4, -0.2) is 11.6 Å². The molecule has 0 radical (unpaired) electrons. The van der Waals surface area contributed by atoms with E-state index in [1.807, 2.05) is 6.92 Å². The maximum absolute atomic E-state index is 11.7. The number of amides is 1. The van der Waals surface area contributed by atoms with Gasteiger partial charge in [0.2, 0.25) is 5.91 Å². The molecule has 0 aromatic heterocycles. The van der Waals surface area contributed by atoms with Crippen molar-refractivity contribution in [2.24, 2.45) is 22.4 Å². The molecule has 1 spiro atoms. The van der Waals surface area contributed by atoms with E-state index in [-0.39, 0.29) is 11.8 Å². The monoisotopic (exact) mass is 206 g/mol. The zero-order valence-corrected chi connectivity index (χ0v) is 9.25. The largest absolute Gasteiger partial charge is 0.273 e. The molecule has 3 aliphatic rings. The van der Waals surface area contributed by atoms with Crippen LogP contribution < -0.4 is 5.43 Å². The highest BCUT2D eigenvalue weighted by atomic mass is 16.2. The van der Waals surface area contributed by atoms with E-state index < -0.39 is 0 Å². The van der Waals surface area contributed by atoms with Crippen molar-refractivity contribution in [3.8, 4) is 0 Å². The van der Waals surface area contributed by atoms with E-state index in [1.54, 1.807) is 0 Å². The predicted molar refractivity (Wildman–Crippen MR) is 58.4 cm³/mol. The van der Waals surface area contributed by atoms with Crippen LogP contribution in [0.3, 0.4) is 0 Å². The number of nitrogens with one attached hydrogen (secondary N) is 1. The fraction of sp³-hybridized carbons (Fsp3) is 0.833. The maximum atomic E-state index is 11.7. The molecular weight excluding hydrogens is 188 g/mol. The Balaban J connectivity index is 1.51. The molecule has 3 aliphatic carbocycles. The molecule has 1 unspecified atom stereocenters. The van der Waals surface area contributed by atoms with Gasteiger partial charge >= 0.3 is 0 Å². The number of hydrogen-bond acceptors (Lipinski definition) is 2. The van der Waals surface area contributed by atoms with Gasteiger partial charge in [0.05, 0.1) is 0 Å². The van der Waals surface area contributed by atoms with Gasteiger partial charge in [0, 0.05) is 11.6 Å². The minimum absolute atomic E-state index is 0.162. The molecule has 0 aliphatic heterocycles. The number of hydrazone groups is 1. The molecule has 15 heavy (non-hydrogen) atoms.